The number of nitrogens with two attached hydrogens (primary N) is 3. The van der Waals surface area contributed by atoms with Crippen LogP contribution in [0.1, 0.15) is 63.9 Å². The molecule has 218 valence electrons. The number of aromatic nitrogens is 6. The van der Waals surface area contributed by atoms with Crippen molar-refractivity contribution in [2.45, 2.75) is 21.3 Å². The van der Waals surface area contributed by atoms with E-state index in [-0.39, 0.29) is 84.0 Å². The minimum atomic E-state index is -1.29. The summed E-state index contributed by atoms with van der Waals surface area (Å²) in [6.07, 6.45) is 3.33. The zero-order valence-corrected chi connectivity index (χ0v) is 23.4. The maximum Gasteiger partial charge on any atom is 1.00 e. The predicted octanol–water partition coefficient (Wildman–Crippen LogP) is -1.80. The van der Waals surface area contributed by atoms with Crippen LogP contribution in [0.25, 0.3) is 0 Å². The third kappa shape index (κ3) is 11.7. The molecule has 20 heteroatoms. The number of carbonyl (C=O) groups is 3. The number of carboxylic acids is 1. The Morgan fingerprint density at radius 2 is 1.14 bits per heavy atom. The third-order valence-corrected chi connectivity index (χ3v) is 4.72. The van der Waals surface area contributed by atoms with Gasteiger partial charge in [-0.2, -0.15) is 10.5 Å². The molecule has 0 saturated carbocycles. The second kappa shape index (κ2) is 20.9. The fourth-order valence-electron chi connectivity index (χ4n) is 2.26. The topological polar surface area (TPSA) is 323 Å². The van der Waals surface area contributed by atoms with Gasteiger partial charge in [-0.25, -0.2) is 44.3 Å². The first-order chi connectivity index (χ1) is 18.5. The maximum atomic E-state index is 11.3. The van der Waals surface area contributed by atoms with Gasteiger partial charge in [0, 0.05) is 0 Å². The molecule has 8 N–H and O–H groups in total. The van der Waals surface area contributed by atoms with Gasteiger partial charge in [0.25, 0.3) is 0 Å². The molecule has 0 aromatic carbocycles. The molecular weight excluding hydrogens is 617 g/mol. The summed E-state index contributed by atoms with van der Waals surface area (Å²) in [4.78, 5) is 54.5. The predicted molar refractivity (Wildman–Crippen MR) is 144 cm³/mol. The molecule has 0 radical (unpaired) electrons. The van der Waals surface area contributed by atoms with Crippen LogP contribution in [0.4, 0.5) is 17.5 Å². The van der Waals surface area contributed by atoms with E-state index in [1.807, 2.05) is 0 Å². The zero-order chi connectivity index (χ0) is 29.5. The Bertz CT molecular complexity index is 1450. The van der Waals surface area contributed by atoms with Gasteiger partial charge in [0.2, 0.25) is 0 Å². The summed E-state index contributed by atoms with van der Waals surface area (Å²) in [5.74, 6) is -2.39. The molecule has 0 bridgehead atoms. The molecule has 0 aliphatic heterocycles. The summed E-state index contributed by atoms with van der Waals surface area (Å²) in [5, 5.41) is 25.7. The standard InChI is InChI=1S/C8H8N4O2.C7H8BrN3O2.C6H4N4O2.CH4.Li.H2O/c1-2-14-8(13)6-5(3-9)7(10)12-4-11-6;1-2-13-7(12)5-4(8)6(9)11-3-10-5;7-1-3-4(6(11)12)9-2-10-5(3)8;;;/h4H,2H2,1H3,(H2,10,11,12);3H,2H2,1H3,(H2,9,10,11);2H,(H,11,12)(H2,8,9,10);1H4;;1H2/q;;;;+1;/p-1. The number of carboxylic acid groups (broad SMARTS) is 1. The number of nitrogens with zero attached hydrogens (tertiary/aromatic N) is 8. The van der Waals surface area contributed by atoms with Gasteiger partial charge in [-0.05, 0) is 29.8 Å². The van der Waals surface area contributed by atoms with Crippen LogP contribution in [0.15, 0.2) is 23.5 Å². The monoisotopic (exact) mass is 641 g/mol. The molecule has 42 heavy (non-hydrogen) atoms. The van der Waals surface area contributed by atoms with Crippen molar-refractivity contribution in [3.63, 3.8) is 0 Å². The fraction of sp³-hybridized carbons (Fsp3) is 0.227. The Labute approximate surface area is 259 Å². The van der Waals surface area contributed by atoms with Gasteiger partial charge in [0.1, 0.15) is 59.7 Å². The first kappa shape index (κ1) is 41.5. The summed E-state index contributed by atoms with van der Waals surface area (Å²) >= 11 is 3.10. The summed E-state index contributed by atoms with van der Waals surface area (Å²) in [5.41, 5.74) is 15.5. The summed E-state index contributed by atoms with van der Waals surface area (Å²) in [7, 11) is 0. The minimum Gasteiger partial charge on any atom is -0.870 e. The van der Waals surface area contributed by atoms with E-state index in [2.05, 4.69) is 50.6 Å². The molecular formula is C22H25BrLiN11O7. The Hall–Kier alpha value is -4.93. The van der Waals surface area contributed by atoms with Gasteiger partial charge in [0.15, 0.2) is 17.1 Å². The number of nitriles is 2. The number of anilines is 3. The average Bonchev–Trinajstić information content (AvgIpc) is 2.91. The minimum absolute atomic E-state index is 0. The van der Waals surface area contributed by atoms with E-state index in [9.17, 15) is 14.4 Å². The van der Waals surface area contributed by atoms with Gasteiger partial charge in [-0.15, -0.1) is 0 Å². The number of hydrogen-bond donors (Lipinski definition) is 4. The van der Waals surface area contributed by atoms with Gasteiger partial charge in [-0.3, -0.25) is 0 Å². The van der Waals surface area contributed by atoms with E-state index in [4.69, 9.17) is 37.6 Å². The second-order valence-corrected chi connectivity index (χ2v) is 7.15. The largest absolute Gasteiger partial charge is 1.00 e. The molecule has 0 fully saturated rings. The van der Waals surface area contributed by atoms with Gasteiger partial charge >= 0.3 is 36.8 Å². The fourth-order valence-corrected chi connectivity index (χ4v) is 2.63. The SMILES string of the molecule is C.CCOC(=O)c1ncnc(N)c1Br.CCOC(=O)c1ncnc(N)c1C#N.N#Cc1c(N)ncnc1C(=O)O.[Li+].[OH-]. The third-order valence-electron chi connectivity index (χ3n) is 3.93. The summed E-state index contributed by atoms with van der Waals surface area (Å²) in [6, 6.07) is 3.37. The van der Waals surface area contributed by atoms with E-state index in [0.717, 1.165) is 12.7 Å². The molecule has 0 atom stereocenters. The van der Waals surface area contributed by atoms with Crippen LogP contribution in [0, 0.1) is 22.7 Å². The maximum absolute atomic E-state index is 11.3. The number of hydrogen-bond acceptors (Lipinski definition) is 17. The van der Waals surface area contributed by atoms with Gasteiger partial charge < -0.3 is 37.3 Å². The van der Waals surface area contributed by atoms with Crippen LogP contribution in [-0.2, 0) is 9.47 Å². The molecule has 0 unspecified atom stereocenters. The van der Waals surface area contributed by atoms with Crippen molar-refractivity contribution in [3.05, 3.63) is 51.7 Å². The first-order valence-electron chi connectivity index (χ1n) is 10.4. The van der Waals surface area contributed by atoms with Gasteiger partial charge in [-0.1, -0.05) is 7.43 Å². The number of halogens is 1. The zero-order valence-electron chi connectivity index (χ0n) is 21.8. The van der Waals surface area contributed by atoms with Crippen molar-refractivity contribution in [2.24, 2.45) is 0 Å². The smallest absolute Gasteiger partial charge is 0.870 e. The van der Waals surface area contributed by atoms with Crippen molar-refractivity contribution in [3.8, 4) is 12.1 Å². The van der Waals surface area contributed by atoms with Crippen LogP contribution < -0.4 is 36.1 Å². The number of nitrogen functional groups attached to an aromatic ring is 3. The van der Waals surface area contributed by atoms with Crippen molar-refractivity contribution >= 4 is 51.3 Å². The quantitative estimate of drug-likeness (QED) is 0.176. The second-order valence-electron chi connectivity index (χ2n) is 6.36. The van der Waals surface area contributed by atoms with Crippen molar-refractivity contribution in [1.29, 1.82) is 10.5 Å². The van der Waals surface area contributed by atoms with Crippen LogP contribution >= 0.6 is 15.9 Å². The number of esters is 2. The van der Waals surface area contributed by atoms with Crippen LogP contribution in [0.2, 0.25) is 0 Å². The first-order valence-corrected chi connectivity index (χ1v) is 11.2. The van der Waals surface area contributed by atoms with Crippen molar-refractivity contribution in [2.75, 3.05) is 30.4 Å². The van der Waals surface area contributed by atoms with E-state index in [1.54, 1.807) is 26.0 Å². The Balaban J connectivity index is -0.000000526. The number of aromatic carboxylic acids is 1. The molecule has 3 rings (SSSR count). The van der Waals surface area contributed by atoms with E-state index in [1.165, 1.54) is 6.33 Å². The van der Waals surface area contributed by atoms with Crippen LogP contribution in [0.5, 0.6) is 0 Å². The average molecular weight is 642 g/mol. The molecule has 18 nitrogen and oxygen atoms in total. The van der Waals surface area contributed by atoms with E-state index in [0.29, 0.717) is 11.1 Å². The van der Waals surface area contributed by atoms with Crippen LogP contribution in [-0.4, -0.2) is 71.6 Å². The molecule has 0 saturated heterocycles. The van der Waals surface area contributed by atoms with E-state index < -0.39 is 17.9 Å². The Kier molecular flexibility index (Phi) is 20.7. The summed E-state index contributed by atoms with van der Waals surface area (Å²) < 4.78 is 9.81. The molecule has 3 aromatic heterocycles. The number of rotatable bonds is 5. The van der Waals surface area contributed by atoms with E-state index >= 15 is 0 Å². The molecule has 0 aliphatic rings. The number of carbonyl (C=O) groups excluding carboxylic acids is 2. The van der Waals surface area contributed by atoms with Crippen LogP contribution in [0.3, 0.4) is 0 Å². The Morgan fingerprint density at radius 1 is 0.786 bits per heavy atom. The molecule has 0 aliphatic carbocycles. The van der Waals surface area contributed by atoms with Crippen molar-refractivity contribution < 1.29 is 53.3 Å². The molecule has 3 aromatic rings. The Morgan fingerprint density at radius 3 is 1.52 bits per heavy atom. The molecule has 3 heterocycles. The van der Waals surface area contributed by atoms with Gasteiger partial charge in [0.05, 0.1) is 17.7 Å². The summed E-state index contributed by atoms with van der Waals surface area (Å²) in [6.45, 7) is 3.90. The van der Waals surface area contributed by atoms with Crippen molar-refractivity contribution in [1.82, 2.24) is 29.9 Å². The molecule has 0 amide bonds. The normalized spacial score (nSPS) is 8.60. The number of ether oxygens (including phenoxy) is 2. The molecule has 0 spiro atoms.